The maximum Gasteiger partial charge on any atom is 0.272 e. The van der Waals surface area contributed by atoms with Crippen LogP contribution >= 0.6 is 15.9 Å². The first kappa shape index (κ1) is 10.6. The molecule has 0 radical (unpaired) electrons. The van der Waals surface area contributed by atoms with E-state index in [9.17, 15) is 4.79 Å². The van der Waals surface area contributed by atoms with E-state index in [0.29, 0.717) is 5.69 Å². The zero-order chi connectivity index (χ0) is 10.8. The highest BCUT2D eigenvalue weighted by Gasteiger charge is 2.20. The molecule has 1 aliphatic heterocycles. The number of hydrogen-bond donors (Lipinski definition) is 0. The lowest BCUT2D eigenvalue weighted by atomic mass is 10.2. The molecule has 0 aromatic carbocycles. The monoisotopic (exact) mass is 268 g/mol. The highest BCUT2D eigenvalue weighted by molar-refractivity contribution is 9.10. The van der Waals surface area contributed by atoms with Crippen LogP contribution in [-0.2, 0) is 0 Å². The minimum absolute atomic E-state index is 0.0584. The molecule has 0 bridgehead atoms. The SMILES string of the molecule is Cc1cc(C(=O)N2CCCC2)ncc1Br. The Morgan fingerprint density at radius 2 is 2.13 bits per heavy atom. The van der Waals surface area contributed by atoms with Gasteiger partial charge in [0.15, 0.2) is 0 Å². The number of hydrogen-bond acceptors (Lipinski definition) is 2. The van der Waals surface area contributed by atoms with Crippen LogP contribution in [0.5, 0.6) is 0 Å². The second-order valence-corrected chi connectivity index (χ2v) is 4.67. The lowest BCUT2D eigenvalue weighted by molar-refractivity contribution is 0.0787. The van der Waals surface area contributed by atoms with E-state index in [-0.39, 0.29) is 5.91 Å². The molecule has 2 rings (SSSR count). The van der Waals surface area contributed by atoms with Gasteiger partial charge in [0.25, 0.3) is 5.91 Å². The normalized spacial score (nSPS) is 15.7. The van der Waals surface area contributed by atoms with E-state index in [1.165, 1.54) is 0 Å². The van der Waals surface area contributed by atoms with Crippen molar-refractivity contribution in [1.82, 2.24) is 9.88 Å². The third-order valence-electron chi connectivity index (χ3n) is 2.66. The molecule has 1 aromatic rings. The van der Waals surface area contributed by atoms with Gasteiger partial charge in [0.1, 0.15) is 5.69 Å². The molecule has 1 aliphatic rings. The first-order valence-electron chi connectivity index (χ1n) is 5.10. The van der Waals surface area contributed by atoms with Gasteiger partial charge in [-0.25, -0.2) is 4.98 Å². The molecule has 0 N–H and O–H groups in total. The van der Waals surface area contributed by atoms with Crippen LogP contribution in [0.25, 0.3) is 0 Å². The quantitative estimate of drug-likeness (QED) is 0.784. The van der Waals surface area contributed by atoms with Crippen molar-refractivity contribution in [1.29, 1.82) is 0 Å². The fraction of sp³-hybridized carbons (Fsp3) is 0.455. The number of amides is 1. The van der Waals surface area contributed by atoms with Crippen LogP contribution in [0.1, 0.15) is 28.9 Å². The van der Waals surface area contributed by atoms with Gasteiger partial charge < -0.3 is 4.90 Å². The number of carbonyl (C=O) groups excluding carboxylic acids is 1. The number of likely N-dealkylation sites (tertiary alicyclic amines) is 1. The Morgan fingerprint density at radius 3 is 2.73 bits per heavy atom. The number of pyridine rings is 1. The smallest absolute Gasteiger partial charge is 0.272 e. The third kappa shape index (κ3) is 2.20. The molecule has 0 spiro atoms. The van der Waals surface area contributed by atoms with Crippen LogP contribution in [0, 0.1) is 6.92 Å². The zero-order valence-corrected chi connectivity index (χ0v) is 10.2. The molecule has 0 atom stereocenters. The molecule has 0 aliphatic carbocycles. The first-order chi connectivity index (χ1) is 7.18. The number of aryl methyl sites for hydroxylation is 1. The molecular weight excluding hydrogens is 256 g/mol. The van der Waals surface area contributed by atoms with Crippen LogP contribution < -0.4 is 0 Å². The van der Waals surface area contributed by atoms with Crippen LogP contribution in [0.4, 0.5) is 0 Å². The van der Waals surface area contributed by atoms with Crippen molar-refractivity contribution in [3.05, 3.63) is 28.0 Å². The van der Waals surface area contributed by atoms with Crippen molar-refractivity contribution in [2.24, 2.45) is 0 Å². The van der Waals surface area contributed by atoms with Gasteiger partial charge in [-0.15, -0.1) is 0 Å². The minimum atomic E-state index is 0.0584. The number of aromatic nitrogens is 1. The molecular formula is C11H13BrN2O. The van der Waals surface area contributed by atoms with Crippen molar-refractivity contribution < 1.29 is 4.79 Å². The van der Waals surface area contributed by atoms with E-state index in [1.54, 1.807) is 6.20 Å². The Morgan fingerprint density at radius 1 is 1.47 bits per heavy atom. The highest BCUT2D eigenvalue weighted by Crippen LogP contribution is 2.17. The summed E-state index contributed by atoms with van der Waals surface area (Å²) in [5, 5.41) is 0. The summed E-state index contributed by atoms with van der Waals surface area (Å²) in [5.74, 6) is 0.0584. The van der Waals surface area contributed by atoms with Crippen molar-refractivity contribution in [3.63, 3.8) is 0 Å². The number of carbonyl (C=O) groups is 1. The van der Waals surface area contributed by atoms with E-state index in [0.717, 1.165) is 36.0 Å². The van der Waals surface area contributed by atoms with Crippen molar-refractivity contribution >= 4 is 21.8 Å². The molecule has 4 heteroatoms. The largest absolute Gasteiger partial charge is 0.337 e. The van der Waals surface area contributed by atoms with Crippen molar-refractivity contribution in [2.75, 3.05) is 13.1 Å². The van der Waals surface area contributed by atoms with Crippen LogP contribution in [0.3, 0.4) is 0 Å². The van der Waals surface area contributed by atoms with Crippen LogP contribution in [0.2, 0.25) is 0 Å². The summed E-state index contributed by atoms with van der Waals surface area (Å²) in [6.45, 7) is 3.71. The molecule has 2 heterocycles. The first-order valence-corrected chi connectivity index (χ1v) is 5.89. The summed E-state index contributed by atoms with van der Waals surface area (Å²) in [5.41, 5.74) is 1.60. The summed E-state index contributed by atoms with van der Waals surface area (Å²) in [6, 6.07) is 1.84. The van der Waals surface area contributed by atoms with E-state index in [1.807, 2.05) is 17.9 Å². The molecule has 1 aromatic heterocycles. The zero-order valence-electron chi connectivity index (χ0n) is 8.66. The average Bonchev–Trinajstić information content (AvgIpc) is 2.74. The predicted molar refractivity (Wildman–Crippen MR) is 61.8 cm³/mol. The van der Waals surface area contributed by atoms with Crippen LogP contribution in [0.15, 0.2) is 16.7 Å². The molecule has 1 saturated heterocycles. The topological polar surface area (TPSA) is 33.2 Å². The van der Waals surface area contributed by atoms with E-state index >= 15 is 0 Å². The van der Waals surface area contributed by atoms with Crippen LogP contribution in [-0.4, -0.2) is 28.9 Å². The van der Waals surface area contributed by atoms with Gasteiger partial charge in [-0.2, -0.15) is 0 Å². The van der Waals surface area contributed by atoms with E-state index in [2.05, 4.69) is 20.9 Å². The molecule has 1 fully saturated rings. The van der Waals surface area contributed by atoms with Crippen molar-refractivity contribution in [2.45, 2.75) is 19.8 Å². The Balaban J connectivity index is 2.21. The Bertz CT molecular complexity index is 386. The fourth-order valence-corrected chi connectivity index (χ4v) is 1.96. The second kappa shape index (κ2) is 4.31. The molecule has 0 unspecified atom stereocenters. The number of nitrogens with zero attached hydrogens (tertiary/aromatic N) is 2. The Kier molecular flexibility index (Phi) is 3.05. The Hall–Kier alpha value is -0.900. The lowest BCUT2D eigenvalue weighted by Gasteiger charge is -2.14. The third-order valence-corrected chi connectivity index (χ3v) is 3.49. The highest BCUT2D eigenvalue weighted by atomic mass is 79.9. The second-order valence-electron chi connectivity index (χ2n) is 3.82. The van der Waals surface area contributed by atoms with Gasteiger partial charge in [-0.05, 0) is 47.3 Å². The summed E-state index contributed by atoms with van der Waals surface area (Å²) < 4.78 is 0.945. The standard InChI is InChI=1S/C11H13BrN2O/c1-8-6-10(13-7-9(8)12)11(15)14-4-2-3-5-14/h6-7H,2-5H2,1H3. The van der Waals surface area contributed by atoms with E-state index < -0.39 is 0 Å². The minimum Gasteiger partial charge on any atom is -0.337 e. The average molecular weight is 269 g/mol. The van der Waals surface area contributed by atoms with Gasteiger partial charge in [0.05, 0.1) is 0 Å². The molecule has 0 saturated carbocycles. The summed E-state index contributed by atoms with van der Waals surface area (Å²) in [6.07, 6.45) is 3.92. The maximum absolute atomic E-state index is 12.0. The molecule has 80 valence electrons. The summed E-state index contributed by atoms with van der Waals surface area (Å²) in [4.78, 5) is 18.0. The van der Waals surface area contributed by atoms with Gasteiger partial charge >= 0.3 is 0 Å². The summed E-state index contributed by atoms with van der Waals surface area (Å²) >= 11 is 3.37. The van der Waals surface area contributed by atoms with E-state index in [4.69, 9.17) is 0 Å². The molecule has 3 nitrogen and oxygen atoms in total. The number of rotatable bonds is 1. The van der Waals surface area contributed by atoms with Gasteiger partial charge in [0, 0.05) is 23.8 Å². The maximum atomic E-state index is 12.0. The van der Waals surface area contributed by atoms with Gasteiger partial charge in [-0.1, -0.05) is 0 Å². The van der Waals surface area contributed by atoms with Gasteiger partial charge in [-0.3, -0.25) is 4.79 Å². The predicted octanol–water partition coefficient (Wildman–Crippen LogP) is 2.39. The summed E-state index contributed by atoms with van der Waals surface area (Å²) in [7, 11) is 0. The Labute approximate surface area is 97.6 Å². The fourth-order valence-electron chi connectivity index (χ4n) is 1.74. The molecule has 15 heavy (non-hydrogen) atoms. The van der Waals surface area contributed by atoms with Crippen molar-refractivity contribution in [3.8, 4) is 0 Å². The van der Waals surface area contributed by atoms with Gasteiger partial charge in [0.2, 0.25) is 0 Å². The lowest BCUT2D eigenvalue weighted by Crippen LogP contribution is -2.28. The number of halogens is 1. The molecule has 1 amide bonds.